The SMILES string of the molecule is COc1ccc(Cc2ncc3n2CC(O)CC3)cc1. The van der Waals surface area contributed by atoms with Gasteiger partial charge in [-0.25, -0.2) is 4.98 Å². The molecule has 0 saturated heterocycles. The molecular weight excluding hydrogens is 240 g/mol. The van der Waals surface area contributed by atoms with Crippen molar-refractivity contribution in [1.82, 2.24) is 9.55 Å². The number of benzene rings is 1. The lowest BCUT2D eigenvalue weighted by Gasteiger charge is -2.21. The van der Waals surface area contributed by atoms with Gasteiger partial charge in [0.05, 0.1) is 19.8 Å². The zero-order valence-corrected chi connectivity index (χ0v) is 11.0. The molecule has 2 heterocycles. The van der Waals surface area contributed by atoms with Gasteiger partial charge < -0.3 is 14.4 Å². The molecule has 1 aliphatic heterocycles. The van der Waals surface area contributed by atoms with Crippen LogP contribution in [0.2, 0.25) is 0 Å². The molecular formula is C15H18N2O2. The smallest absolute Gasteiger partial charge is 0.118 e. The Kier molecular flexibility index (Phi) is 3.25. The highest BCUT2D eigenvalue weighted by Crippen LogP contribution is 2.20. The molecule has 0 amide bonds. The fraction of sp³-hybridized carbons (Fsp3) is 0.400. The van der Waals surface area contributed by atoms with Crippen LogP contribution in [0.25, 0.3) is 0 Å². The molecule has 4 heteroatoms. The Hall–Kier alpha value is -1.81. The summed E-state index contributed by atoms with van der Waals surface area (Å²) in [6.45, 7) is 0.667. The van der Waals surface area contributed by atoms with Crippen molar-refractivity contribution in [3.8, 4) is 5.75 Å². The third-order valence-corrected chi connectivity index (χ3v) is 3.67. The van der Waals surface area contributed by atoms with Crippen LogP contribution in [0.4, 0.5) is 0 Å². The molecule has 0 bridgehead atoms. The van der Waals surface area contributed by atoms with Crippen LogP contribution in [0, 0.1) is 0 Å². The van der Waals surface area contributed by atoms with E-state index in [1.165, 1.54) is 11.3 Å². The van der Waals surface area contributed by atoms with Gasteiger partial charge in [-0.2, -0.15) is 0 Å². The van der Waals surface area contributed by atoms with Crippen molar-refractivity contribution in [2.75, 3.05) is 7.11 Å². The predicted molar refractivity (Wildman–Crippen MR) is 72.4 cm³/mol. The number of hydrogen-bond acceptors (Lipinski definition) is 3. The summed E-state index contributed by atoms with van der Waals surface area (Å²) in [5, 5.41) is 9.77. The van der Waals surface area contributed by atoms with Crippen molar-refractivity contribution in [2.24, 2.45) is 0 Å². The van der Waals surface area contributed by atoms with E-state index in [0.717, 1.165) is 30.8 Å². The van der Waals surface area contributed by atoms with Gasteiger partial charge in [0.15, 0.2) is 0 Å². The van der Waals surface area contributed by atoms with Crippen molar-refractivity contribution in [3.05, 3.63) is 47.5 Å². The van der Waals surface area contributed by atoms with E-state index in [-0.39, 0.29) is 6.10 Å². The summed E-state index contributed by atoms with van der Waals surface area (Å²) in [7, 11) is 1.67. The molecule has 2 aromatic rings. The molecule has 1 aliphatic rings. The lowest BCUT2D eigenvalue weighted by molar-refractivity contribution is 0.130. The molecule has 1 aromatic heterocycles. The average Bonchev–Trinajstić information content (AvgIpc) is 2.82. The number of nitrogens with zero attached hydrogens (tertiary/aromatic N) is 2. The van der Waals surface area contributed by atoms with Gasteiger partial charge in [0.2, 0.25) is 0 Å². The molecule has 100 valence electrons. The minimum Gasteiger partial charge on any atom is -0.497 e. The number of hydrogen-bond donors (Lipinski definition) is 1. The molecule has 0 spiro atoms. The number of imidazole rings is 1. The van der Waals surface area contributed by atoms with Gasteiger partial charge in [0, 0.05) is 18.3 Å². The van der Waals surface area contributed by atoms with Crippen LogP contribution >= 0.6 is 0 Å². The summed E-state index contributed by atoms with van der Waals surface area (Å²) >= 11 is 0. The van der Waals surface area contributed by atoms with Crippen molar-refractivity contribution >= 4 is 0 Å². The summed E-state index contributed by atoms with van der Waals surface area (Å²) < 4.78 is 7.31. The number of aliphatic hydroxyl groups is 1. The van der Waals surface area contributed by atoms with Crippen molar-refractivity contribution < 1.29 is 9.84 Å². The first-order valence-corrected chi connectivity index (χ1v) is 6.60. The third kappa shape index (κ3) is 2.49. The Morgan fingerprint density at radius 3 is 2.89 bits per heavy atom. The van der Waals surface area contributed by atoms with Crippen molar-refractivity contribution in [2.45, 2.75) is 31.9 Å². The molecule has 0 aliphatic carbocycles. The fourth-order valence-electron chi connectivity index (χ4n) is 2.56. The molecule has 1 unspecified atom stereocenters. The van der Waals surface area contributed by atoms with Gasteiger partial charge in [-0.1, -0.05) is 12.1 Å². The van der Waals surface area contributed by atoms with Gasteiger partial charge in [0.1, 0.15) is 11.6 Å². The highest BCUT2D eigenvalue weighted by atomic mass is 16.5. The summed E-state index contributed by atoms with van der Waals surface area (Å²) in [5.41, 5.74) is 2.43. The molecule has 1 atom stereocenters. The Morgan fingerprint density at radius 1 is 1.37 bits per heavy atom. The van der Waals surface area contributed by atoms with Crippen LogP contribution < -0.4 is 4.74 Å². The Morgan fingerprint density at radius 2 is 2.16 bits per heavy atom. The van der Waals surface area contributed by atoms with Gasteiger partial charge in [-0.3, -0.25) is 0 Å². The largest absolute Gasteiger partial charge is 0.497 e. The van der Waals surface area contributed by atoms with E-state index in [1.807, 2.05) is 18.3 Å². The minimum absolute atomic E-state index is 0.240. The maximum absolute atomic E-state index is 9.77. The number of aryl methyl sites for hydroxylation is 1. The van der Waals surface area contributed by atoms with E-state index in [2.05, 4.69) is 21.7 Å². The summed E-state index contributed by atoms with van der Waals surface area (Å²) in [4.78, 5) is 4.49. The highest BCUT2D eigenvalue weighted by Gasteiger charge is 2.19. The molecule has 0 radical (unpaired) electrons. The maximum Gasteiger partial charge on any atom is 0.118 e. The third-order valence-electron chi connectivity index (χ3n) is 3.67. The first-order chi connectivity index (χ1) is 9.26. The van der Waals surface area contributed by atoms with Crippen LogP contribution in [0.3, 0.4) is 0 Å². The Labute approximate surface area is 112 Å². The zero-order chi connectivity index (χ0) is 13.2. The van der Waals surface area contributed by atoms with E-state index in [0.29, 0.717) is 6.54 Å². The van der Waals surface area contributed by atoms with E-state index in [1.54, 1.807) is 7.11 Å². The van der Waals surface area contributed by atoms with Gasteiger partial charge in [-0.15, -0.1) is 0 Å². The van der Waals surface area contributed by atoms with E-state index in [4.69, 9.17) is 4.74 Å². The Bertz CT molecular complexity index is 560. The molecule has 4 nitrogen and oxygen atoms in total. The number of aromatic nitrogens is 2. The molecule has 1 N–H and O–H groups in total. The molecule has 3 rings (SSSR count). The van der Waals surface area contributed by atoms with Crippen molar-refractivity contribution in [1.29, 1.82) is 0 Å². The number of rotatable bonds is 3. The number of aliphatic hydroxyl groups excluding tert-OH is 1. The number of methoxy groups -OCH3 is 1. The van der Waals surface area contributed by atoms with Crippen LogP contribution in [0.1, 0.15) is 23.5 Å². The van der Waals surface area contributed by atoms with Crippen LogP contribution in [-0.4, -0.2) is 27.9 Å². The predicted octanol–water partition coefficient (Wildman–Crippen LogP) is 1.79. The van der Waals surface area contributed by atoms with Crippen LogP contribution in [0.5, 0.6) is 5.75 Å². The van der Waals surface area contributed by atoms with Crippen LogP contribution in [-0.2, 0) is 19.4 Å². The monoisotopic (exact) mass is 258 g/mol. The number of fused-ring (bicyclic) bond motifs is 1. The second-order valence-electron chi connectivity index (χ2n) is 4.99. The van der Waals surface area contributed by atoms with E-state index < -0.39 is 0 Å². The van der Waals surface area contributed by atoms with Gasteiger partial charge >= 0.3 is 0 Å². The minimum atomic E-state index is -0.240. The summed E-state index contributed by atoms with van der Waals surface area (Å²) in [5.74, 6) is 1.89. The summed E-state index contributed by atoms with van der Waals surface area (Å²) in [6, 6.07) is 8.04. The van der Waals surface area contributed by atoms with Gasteiger partial charge in [-0.05, 0) is 30.5 Å². The lowest BCUT2D eigenvalue weighted by atomic mass is 10.1. The second kappa shape index (κ2) is 5.05. The topological polar surface area (TPSA) is 47.3 Å². The standard InChI is InChI=1S/C15H18N2O2/c1-19-14-6-2-11(3-7-14)8-15-16-9-12-4-5-13(18)10-17(12)15/h2-3,6-7,9,13,18H,4-5,8,10H2,1H3. The quantitative estimate of drug-likeness (QED) is 0.913. The summed E-state index contributed by atoms with van der Waals surface area (Å²) in [6.07, 6.45) is 4.24. The maximum atomic E-state index is 9.77. The normalized spacial score (nSPS) is 18.1. The molecule has 19 heavy (non-hydrogen) atoms. The van der Waals surface area contributed by atoms with Crippen molar-refractivity contribution in [3.63, 3.8) is 0 Å². The highest BCUT2D eigenvalue weighted by molar-refractivity contribution is 5.29. The van der Waals surface area contributed by atoms with Crippen LogP contribution in [0.15, 0.2) is 30.5 Å². The first-order valence-electron chi connectivity index (χ1n) is 6.60. The molecule has 0 fully saturated rings. The second-order valence-corrected chi connectivity index (χ2v) is 4.99. The number of ether oxygens (including phenoxy) is 1. The average molecular weight is 258 g/mol. The Balaban J connectivity index is 1.81. The van der Waals surface area contributed by atoms with E-state index in [9.17, 15) is 5.11 Å². The molecule has 0 saturated carbocycles. The van der Waals surface area contributed by atoms with Gasteiger partial charge in [0.25, 0.3) is 0 Å². The van der Waals surface area contributed by atoms with E-state index >= 15 is 0 Å². The fourth-order valence-corrected chi connectivity index (χ4v) is 2.56. The molecule has 1 aromatic carbocycles. The zero-order valence-electron chi connectivity index (χ0n) is 11.0. The first kappa shape index (κ1) is 12.2. The lowest BCUT2D eigenvalue weighted by Crippen LogP contribution is -2.25.